The highest BCUT2D eigenvalue weighted by molar-refractivity contribution is 7.89. The standard InChI is InChI=1S/C15H21N3O2S/c1-12-9-15(4-3-14(12)10-16)21(19,20)18-7-5-13(6-8-18)11-17-2/h3-4,9,13,17H,5-8,11H2,1-2H3. The lowest BCUT2D eigenvalue weighted by molar-refractivity contribution is 0.270. The van der Waals surface area contributed by atoms with Crippen molar-refractivity contribution in [3.8, 4) is 6.07 Å². The van der Waals surface area contributed by atoms with Gasteiger partial charge in [-0.15, -0.1) is 0 Å². The van der Waals surface area contributed by atoms with Gasteiger partial charge in [-0.05, 0) is 63.0 Å². The monoisotopic (exact) mass is 307 g/mol. The normalized spacial score (nSPS) is 17.6. The van der Waals surface area contributed by atoms with E-state index in [0.29, 0.717) is 30.1 Å². The second kappa shape index (κ2) is 6.56. The van der Waals surface area contributed by atoms with Crippen LogP contribution < -0.4 is 5.32 Å². The number of hydrogen-bond donors (Lipinski definition) is 1. The molecular weight excluding hydrogens is 286 g/mol. The van der Waals surface area contributed by atoms with E-state index in [2.05, 4.69) is 11.4 Å². The maximum atomic E-state index is 12.6. The number of nitriles is 1. The van der Waals surface area contributed by atoms with Crippen LogP contribution in [0.3, 0.4) is 0 Å². The van der Waals surface area contributed by atoms with Gasteiger partial charge in [0.15, 0.2) is 0 Å². The van der Waals surface area contributed by atoms with Gasteiger partial charge in [0.2, 0.25) is 10.0 Å². The quantitative estimate of drug-likeness (QED) is 0.914. The van der Waals surface area contributed by atoms with Crippen LogP contribution in [0.2, 0.25) is 0 Å². The highest BCUT2D eigenvalue weighted by Crippen LogP contribution is 2.24. The Bertz CT molecular complexity index is 641. The Morgan fingerprint density at radius 3 is 2.57 bits per heavy atom. The molecular formula is C15H21N3O2S. The summed E-state index contributed by atoms with van der Waals surface area (Å²) in [6, 6.07) is 6.76. The number of rotatable bonds is 4. The van der Waals surface area contributed by atoms with Crippen molar-refractivity contribution in [1.82, 2.24) is 9.62 Å². The Labute approximate surface area is 126 Å². The molecule has 1 heterocycles. The molecule has 5 nitrogen and oxygen atoms in total. The van der Waals surface area contributed by atoms with E-state index in [0.717, 1.165) is 19.4 Å². The molecule has 1 saturated heterocycles. The number of nitrogens with zero attached hydrogens (tertiary/aromatic N) is 2. The summed E-state index contributed by atoms with van der Waals surface area (Å²) in [5.41, 5.74) is 1.21. The molecule has 0 unspecified atom stereocenters. The summed E-state index contributed by atoms with van der Waals surface area (Å²) in [6.07, 6.45) is 1.77. The number of sulfonamides is 1. The topological polar surface area (TPSA) is 73.2 Å². The summed E-state index contributed by atoms with van der Waals surface area (Å²) in [6.45, 7) is 3.82. The molecule has 0 radical (unpaired) electrons. The first-order valence-corrected chi connectivity index (χ1v) is 8.58. The van der Waals surface area contributed by atoms with E-state index >= 15 is 0 Å². The van der Waals surface area contributed by atoms with E-state index in [-0.39, 0.29) is 4.90 Å². The average Bonchev–Trinajstić information content (AvgIpc) is 2.48. The molecule has 1 fully saturated rings. The lowest BCUT2D eigenvalue weighted by Gasteiger charge is -2.31. The second-order valence-electron chi connectivity index (χ2n) is 5.49. The largest absolute Gasteiger partial charge is 0.319 e. The van der Waals surface area contributed by atoms with Crippen molar-refractivity contribution < 1.29 is 8.42 Å². The van der Waals surface area contributed by atoms with Gasteiger partial charge in [0, 0.05) is 13.1 Å². The van der Waals surface area contributed by atoms with Crippen molar-refractivity contribution in [2.75, 3.05) is 26.7 Å². The minimum atomic E-state index is -3.44. The maximum Gasteiger partial charge on any atom is 0.243 e. The van der Waals surface area contributed by atoms with Crippen molar-refractivity contribution in [2.45, 2.75) is 24.7 Å². The Hall–Kier alpha value is -1.42. The first-order chi connectivity index (χ1) is 9.98. The van der Waals surface area contributed by atoms with E-state index < -0.39 is 10.0 Å². The van der Waals surface area contributed by atoms with Crippen molar-refractivity contribution in [1.29, 1.82) is 5.26 Å². The third-order valence-electron chi connectivity index (χ3n) is 4.02. The van der Waals surface area contributed by atoms with Crippen LogP contribution in [0.15, 0.2) is 23.1 Å². The molecule has 0 saturated carbocycles. The van der Waals surface area contributed by atoms with Crippen molar-refractivity contribution in [2.24, 2.45) is 5.92 Å². The zero-order valence-electron chi connectivity index (χ0n) is 12.5. The van der Waals surface area contributed by atoms with Crippen LogP contribution in [0.5, 0.6) is 0 Å². The van der Waals surface area contributed by atoms with Crippen LogP contribution >= 0.6 is 0 Å². The molecule has 0 aromatic heterocycles. The van der Waals surface area contributed by atoms with Gasteiger partial charge in [0.25, 0.3) is 0 Å². The molecule has 21 heavy (non-hydrogen) atoms. The Kier molecular flexibility index (Phi) is 4.99. The van der Waals surface area contributed by atoms with E-state index in [4.69, 9.17) is 5.26 Å². The summed E-state index contributed by atoms with van der Waals surface area (Å²) >= 11 is 0. The van der Waals surface area contributed by atoms with Crippen LogP contribution in [-0.2, 0) is 10.0 Å². The van der Waals surface area contributed by atoms with Gasteiger partial charge in [-0.3, -0.25) is 0 Å². The second-order valence-corrected chi connectivity index (χ2v) is 7.43. The maximum absolute atomic E-state index is 12.6. The van der Waals surface area contributed by atoms with Gasteiger partial charge in [-0.2, -0.15) is 9.57 Å². The number of piperidine rings is 1. The van der Waals surface area contributed by atoms with Crippen LogP contribution in [-0.4, -0.2) is 39.4 Å². The minimum Gasteiger partial charge on any atom is -0.319 e. The van der Waals surface area contributed by atoms with Crippen LogP contribution in [0.1, 0.15) is 24.0 Å². The van der Waals surface area contributed by atoms with Crippen molar-refractivity contribution in [3.05, 3.63) is 29.3 Å². The minimum absolute atomic E-state index is 0.283. The van der Waals surface area contributed by atoms with Crippen molar-refractivity contribution in [3.63, 3.8) is 0 Å². The van der Waals surface area contributed by atoms with Crippen LogP contribution in [0.25, 0.3) is 0 Å². The SMILES string of the molecule is CNCC1CCN(S(=O)(=O)c2ccc(C#N)c(C)c2)CC1. The highest BCUT2D eigenvalue weighted by atomic mass is 32.2. The summed E-state index contributed by atoms with van der Waals surface area (Å²) in [5.74, 6) is 0.546. The zero-order chi connectivity index (χ0) is 15.5. The fourth-order valence-electron chi connectivity index (χ4n) is 2.71. The van der Waals surface area contributed by atoms with E-state index in [1.54, 1.807) is 23.4 Å². The summed E-state index contributed by atoms with van der Waals surface area (Å²) in [7, 11) is -1.53. The van der Waals surface area contributed by atoms with Gasteiger partial charge < -0.3 is 5.32 Å². The Balaban J connectivity index is 2.16. The van der Waals surface area contributed by atoms with Gasteiger partial charge in [-0.25, -0.2) is 8.42 Å². The molecule has 0 aliphatic carbocycles. The van der Waals surface area contributed by atoms with E-state index in [9.17, 15) is 8.42 Å². The molecule has 0 spiro atoms. The number of nitrogens with one attached hydrogen (secondary N) is 1. The third kappa shape index (κ3) is 3.43. The molecule has 6 heteroatoms. The molecule has 1 aliphatic heterocycles. The van der Waals surface area contributed by atoms with Gasteiger partial charge in [0.05, 0.1) is 16.5 Å². The molecule has 1 aromatic rings. The zero-order valence-corrected chi connectivity index (χ0v) is 13.3. The highest BCUT2D eigenvalue weighted by Gasteiger charge is 2.29. The lowest BCUT2D eigenvalue weighted by atomic mass is 9.98. The summed E-state index contributed by atoms with van der Waals surface area (Å²) in [4.78, 5) is 0.283. The fourth-order valence-corrected chi connectivity index (χ4v) is 4.27. The Morgan fingerprint density at radius 2 is 2.05 bits per heavy atom. The third-order valence-corrected chi connectivity index (χ3v) is 5.92. The number of benzene rings is 1. The van der Waals surface area contributed by atoms with Gasteiger partial charge in [-0.1, -0.05) is 0 Å². The fraction of sp³-hybridized carbons (Fsp3) is 0.533. The number of aryl methyl sites for hydroxylation is 1. The van der Waals surface area contributed by atoms with Gasteiger partial charge in [0.1, 0.15) is 0 Å². The first kappa shape index (κ1) is 16.0. The van der Waals surface area contributed by atoms with Crippen molar-refractivity contribution >= 4 is 10.0 Å². The predicted molar refractivity (Wildman–Crippen MR) is 81.3 cm³/mol. The van der Waals surface area contributed by atoms with Crippen LogP contribution in [0.4, 0.5) is 0 Å². The molecule has 0 amide bonds. The lowest BCUT2D eigenvalue weighted by Crippen LogP contribution is -2.40. The molecule has 0 bridgehead atoms. The van der Waals surface area contributed by atoms with E-state index in [1.165, 1.54) is 6.07 Å². The van der Waals surface area contributed by atoms with E-state index in [1.807, 2.05) is 7.05 Å². The number of hydrogen-bond acceptors (Lipinski definition) is 4. The molecule has 2 rings (SSSR count). The predicted octanol–water partition coefficient (Wildman–Crippen LogP) is 1.49. The smallest absolute Gasteiger partial charge is 0.243 e. The molecule has 1 aromatic carbocycles. The Morgan fingerprint density at radius 1 is 1.38 bits per heavy atom. The molecule has 0 atom stereocenters. The molecule has 1 N–H and O–H groups in total. The first-order valence-electron chi connectivity index (χ1n) is 7.14. The van der Waals surface area contributed by atoms with Crippen LogP contribution in [0, 0.1) is 24.2 Å². The average molecular weight is 307 g/mol. The summed E-state index contributed by atoms with van der Waals surface area (Å²) in [5, 5.41) is 12.1. The summed E-state index contributed by atoms with van der Waals surface area (Å²) < 4.78 is 26.8. The molecule has 114 valence electrons. The van der Waals surface area contributed by atoms with Gasteiger partial charge >= 0.3 is 0 Å². The molecule has 1 aliphatic rings.